The van der Waals surface area contributed by atoms with Gasteiger partial charge >= 0.3 is 0 Å². The van der Waals surface area contributed by atoms with Crippen molar-refractivity contribution in [3.8, 4) is 0 Å². The van der Waals surface area contributed by atoms with Gasteiger partial charge in [0, 0.05) is 22.9 Å². The van der Waals surface area contributed by atoms with Crippen LogP contribution in [0, 0.1) is 0 Å². The van der Waals surface area contributed by atoms with Crippen LogP contribution in [0.1, 0.15) is 6.92 Å². The molecule has 0 fully saturated rings. The third-order valence-electron chi connectivity index (χ3n) is 1.74. The van der Waals surface area contributed by atoms with E-state index in [4.69, 9.17) is 0 Å². The quantitative estimate of drug-likeness (QED) is 0.757. The van der Waals surface area contributed by atoms with E-state index in [2.05, 4.69) is 31.9 Å². The van der Waals surface area contributed by atoms with Gasteiger partial charge in [-0.3, -0.25) is 0 Å². The number of sulfonamides is 1. The standard InChI is InChI=1S/C8H11Br2NO2S2/c1-6(9)5-11(2)15(12,13)8-7(10)3-4-14-8/h3-4,6H,5H2,1-2H3. The number of hydrogen-bond acceptors (Lipinski definition) is 3. The Morgan fingerprint density at radius 1 is 1.60 bits per heavy atom. The molecular formula is C8H11Br2NO2S2. The minimum Gasteiger partial charge on any atom is -0.206 e. The lowest BCUT2D eigenvalue weighted by atomic mass is 10.5. The maximum Gasteiger partial charge on any atom is 0.253 e. The monoisotopic (exact) mass is 375 g/mol. The summed E-state index contributed by atoms with van der Waals surface area (Å²) < 4.78 is 26.4. The summed E-state index contributed by atoms with van der Waals surface area (Å²) in [6.07, 6.45) is 0. The molecule has 1 atom stereocenters. The molecule has 86 valence electrons. The molecule has 0 saturated carbocycles. The van der Waals surface area contributed by atoms with Gasteiger partial charge in [0.25, 0.3) is 10.0 Å². The Morgan fingerprint density at radius 2 is 2.20 bits per heavy atom. The van der Waals surface area contributed by atoms with E-state index in [1.165, 1.54) is 15.6 Å². The molecule has 0 aliphatic rings. The third kappa shape index (κ3) is 3.26. The van der Waals surface area contributed by atoms with Crippen molar-refractivity contribution in [2.24, 2.45) is 0 Å². The van der Waals surface area contributed by atoms with Gasteiger partial charge in [-0.25, -0.2) is 8.42 Å². The Bertz CT molecular complexity index is 428. The minimum absolute atomic E-state index is 0.135. The number of halogens is 2. The lowest BCUT2D eigenvalue weighted by molar-refractivity contribution is 0.475. The number of hydrogen-bond donors (Lipinski definition) is 0. The van der Waals surface area contributed by atoms with E-state index in [9.17, 15) is 8.42 Å². The fourth-order valence-corrected chi connectivity index (χ4v) is 5.45. The molecule has 0 aliphatic heterocycles. The molecule has 1 aromatic rings. The first-order chi connectivity index (χ1) is 6.85. The molecule has 1 aromatic heterocycles. The second-order valence-corrected chi connectivity index (χ2v) is 8.70. The molecule has 0 bridgehead atoms. The van der Waals surface area contributed by atoms with Crippen molar-refractivity contribution in [3.05, 3.63) is 15.9 Å². The minimum atomic E-state index is -3.35. The lowest BCUT2D eigenvalue weighted by Gasteiger charge is -2.17. The summed E-state index contributed by atoms with van der Waals surface area (Å²) in [4.78, 5) is 0.135. The number of thiophene rings is 1. The molecular weight excluding hydrogens is 366 g/mol. The van der Waals surface area contributed by atoms with E-state index in [-0.39, 0.29) is 4.83 Å². The third-order valence-corrected chi connectivity index (χ3v) is 6.50. The van der Waals surface area contributed by atoms with E-state index >= 15 is 0 Å². The van der Waals surface area contributed by atoms with Gasteiger partial charge in [-0.05, 0) is 27.4 Å². The summed E-state index contributed by atoms with van der Waals surface area (Å²) in [6.45, 7) is 2.36. The van der Waals surface area contributed by atoms with Crippen LogP contribution in [0.5, 0.6) is 0 Å². The van der Waals surface area contributed by atoms with E-state index in [1.807, 2.05) is 6.92 Å². The number of alkyl halides is 1. The molecule has 0 N–H and O–H groups in total. The Balaban J connectivity index is 2.99. The van der Waals surface area contributed by atoms with Crippen LogP contribution >= 0.6 is 43.2 Å². The summed E-state index contributed by atoms with van der Waals surface area (Å²) in [5.74, 6) is 0. The van der Waals surface area contributed by atoms with Gasteiger partial charge in [-0.2, -0.15) is 4.31 Å². The van der Waals surface area contributed by atoms with Gasteiger partial charge in [0.05, 0.1) is 0 Å². The largest absolute Gasteiger partial charge is 0.253 e. The zero-order chi connectivity index (χ0) is 11.6. The lowest BCUT2D eigenvalue weighted by Crippen LogP contribution is -2.30. The van der Waals surface area contributed by atoms with Crippen molar-refractivity contribution in [2.75, 3.05) is 13.6 Å². The topological polar surface area (TPSA) is 37.4 Å². The molecule has 1 unspecified atom stereocenters. The van der Waals surface area contributed by atoms with Crippen molar-refractivity contribution >= 4 is 53.2 Å². The van der Waals surface area contributed by atoms with Crippen LogP contribution in [0.4, 0.5) is 0 Å². The second kappa shape index (κ2) is 5.27. The Kier molecular flexibility index (Phi) is 4.79. The Hall–Kier alpha value is 0.570. The normalized spacial score (nSPS) is 14.5. The molecule has 1 rings (SSSR count). The van der Waals surface area contributed by atoms with Crippen molar-refractivity contribution < 1.29 is 8.42 Å². The fourth-order valence-electron chi connectivity index (χ4n) is 1.06. The maximum atomic E-state index is 12.0. The molecule has 7 heteroatoms. The summed E-state index contributed by atoms with van der Waals surface area (Å²) in [7, 11) is -1.76. The molecule has 1 heterocycles. The van der Waals surface area contributed by atoms with Crippen LogP contribution in [-0.4, -0.2) is 31.1 Å². The highest BCUT2D eigenvalue weighted by atomic mass is 79.9. The van der Waals surface area contributed by atoms with Gasteiger partial charge in [0.2, 0.25) is 0 Å². The zero-order valence-corrected chi connectivity index (χ0v) is 13.1. The summed E-state index contributed by atoms with van der Waals surface area (Å²) >= 11 is 7.78. The zero-order valence-electron chi connectivity index (χ0n) is 8.28. The number of nitrogens with zero attached hydrogens (tertiary/aromatic N) is 1. The average Bonchev–Trinajstić information content (AvgIpc) is 2.50. The highest BCUT2D eigenvalue weighted by molar-refractivity contribution is 9.10. The predicted molar refractivity (Wildman–Crippen MR) is 70.2 cm³/mol. The predicted octanol–water partition coefficient (Wildman–Crippen LogP) is 2.91. The van der Waals surface area contributed by atoms with Crippen molar-refractivity contribution in [2.45, 2.75) is 16.0 Å². The van der Waals surface area contributed by atoms with E-state index in [1.54, 1.807) is 18.5 Å². The van der Waals surface area contributed by atoms with Crippen LogP contribution in [0.15, 0.2) is 20.1 Å². The van der Waals surface area contributed by atoms with Gasteiger partial charge in [0.1, 0.15) is 4.21 Å². The summed E-state index contributed by atoms with van der Waals surface area (Å²) in [5.41, 5.74) is 0. The highest BCUT2D eigenvalue weighted by Crippen LogP contribution is 2.29. The van der Waals surface area contributed by atoms with E-state index in [0.717, 1.165) is 0 Å². The van der Waals surface area contributed by atoms with Crippen molar-refractivity contribution in [1.29, 1.82) is 0 Å². The van der Waals surface area contributed by atoms with Crippen LogP contribution in [0.3, 0.4) is 0 Å². The fraction of sp³-hybridized carbons (Fsp3) is 0.500. The maximum absolute atomic E-state index is 12.0. The van der Waals surface area contributed by atoms with Gasteiger partial charge in [-0.15, -0.1) is 11.3 Å². The van der Waals surface area contributed by atoms with Crippen LogP contribution in [-0.2, 0) is 10.0 Å². The Morgan fingerprint density at radius 3 is 2.60 bits per heavy atom. The van der Waals surface area contributed by atoms with E-state index < -0.39 is 10.0 Å². The van der Waals surface area contributed by atoms with Gasteiger partial charge in [0.15, 0.2) is 0 Å². The van der Waals surface area contributed by atoms with Crippen molar-refractivity contribution in [1.82, 2.24) is 4.31 Å². The molecule has 0 saturated heterocycles. The van der Waals surface area contributed by atoms with Gasteiger partial charge < -0.3 is 0 Å². The first-order valence-corrected chi connectivity index (χ1v) is 8.22. The molecule has 0 spiro atoms. The average molecular weight is 377 g/mol. The SMILES string of the molecule is CC(Br)CN(C)S(=O)(=O)c1sccc1Br. The molecule has 0 aliphatic carbocycles. The molecule has 3 nitrogen and oxygen atoms in total. The number of rotatable bonds is 4. The molecule has 0 aromatic carbocycles. The second-order valence-electron chi connectivity index (χ2n) is 3.12. The van der Waals surface area contributed by atoms with Crippen LogP contribution < -0.4 is 0 Å². The summed E-state index contributed by atoms with van der Waals surface area (Å²) in [6, 6.07) is 1.74. The van der Waals surface area contributed by atoms with Crippen LogP contribution in [0.25, 0.3) is 0 Å². The van der Waals surface area contributed by atoms with E-state index in [0.29, 0.717) is 15.2 Å². The first kappa shape index (κ1) is 13.6. The van der Waals surface area contributed by atoms with Crippen LogP contribution in [0.2, 0.25) is 0 Å². The van der Waals surface area contributed by atoms with Crippen molar-refractivity contribution in [3.63, 3.8) is 0 Å². The summed E-state index contributed by atoms with van der Waals surface area (Å²) in [5, 5.41) is 1.75. The first-order valence-electron chi connectivity index (χ1n) is 4.19. The Labute approximate surface area is 111 Å². The van der Waals surface area contributed by atoms with Gasteiger partial charge in [-0.1, -0.05) is 22.9 Å². The highest BCUT2D eigenvalue weighted by Gasteiger charge is 2.25. The molecule has 0 radical (unpaired) electrons. The molecule has 15 heavy (non-hydrogen) atoms. The smallest absolute Gasteiger partial charge is 0.206 e. The molecule has 0 amide bonds.